The van der Waals surface area contributed by atoms with E-state index < -0.39 is 0 Å². The molecule has 0 fully saturated rings. The maximum atomic E-state index is 4.33. The van der Waals surface area contributed by atoms with Gasteiger partial charge in [0.1, 0.15) is 0 Å². The van der Waals surface area contributed by atoms with Crippen LogP contribution >= 0.6 is 0 Å². The zero-order valence-corrected chi connectivity index (χ0v) is 13.7. The largest absolute Gasteiger partial charge is 0.373 e. The SMILES string of the molecule is CC(C)(C)CC[C@@H](Nc1cncc2ccccc12)c1nn[nH]n1. The smallest absolute Gasteiger partial charge is 0.196 e. The molecule has 1 aromatic carbocycles. The highest BCUT2D eigenvalue weighted by Gasteiger charge is 2.20. The Morgan fingerprint density at radius 3 is 2.74 bits per heavy atom. The fourth-order valence-corrected chi connectivity index (χ4v) is 2.58. The molecule has 0 spiro atoms. The summed E-state index contributed by atoms with van der Waals surface area (Å²) in [6.07, 6.45) is 5.70. The number of anilines is 1. The molecule has 6 heteroatoms. The lowest BCUT2D eigenvalue weighted by atomic mass is 9.88. The molecule has 0 aliphatic rings. The van der Waals surface area contributed by atoms with Crippen molar-refractivity contribution < 1.29 is 0 Å². The maximum Gasteiger partial charge on any atom is 0.196 e. The molecule has 2 heterocycles. The quantitative estimate of drug-likeness (QED) is 0.750. The van der Waals surface area contributed by atoms with Crippen LogP contribution in [0.25, 0.3) is 10.8 Å². The summed E-state index contributed by atoms with van der Waals surface area (Å²) in [6, 6.07) is 8.21. The molecule has 2 N–H and O–H groups in total. The Hall–Kier alpha value is -2.50. The topological polar surface area (TPSA) is 79.4 Å². The summed E-state index contributed by atoms with van der Waals surface area (Å²) in [5, 5.41) is 20.4. The van der Waals surface area contributed by atoms with Gasteiger partial charge in [0, 0.05) is 17.0 Å². The third-order valence-electron chi connectivity index (χ3n) is 3.85. The van der Waals surface area contributed by atoms with Gasteiger partial charge in [0.2, 0.25) is 0 Å². The number of pyridine rings is 1. The van der Waals surface area contributed by atoms with Crippen molar-refractivity contribution in [1.29, 1.82) is 0 Å². The third kappa shape index (κ3) is 3.83. The minimum Gasteiger partial charge on any atom is -0.373 e. The second-order valence-corrected chi connectivity index (χ2v) is 6.97. The number of tetrazole rings is 1. The van der Waals surface area contributed by atoms with E-state index in [0.717, 1.165) is 29.3 Å². The van der Waals surface area contributed by atoms with Crippen LogP contribution in [-0.2, 0) is 0 Å². The van der Waals surface area contributed by atoms with E-state index in [4.69, 9.17) is 0 Å². The van der Waals surface area contributed by atoms with Crippen molar-refractivity contribution in [1.82, 2.24) is 25.6 Å². The molecule has 0 aliphatic heterocycles. The lowest BCUT2D eigenvalue weighted by Crippen LogP contribution is -2.16. The minimum absolute atomic E-state index is 0.000538. The standard InChI is InChI=1S/C17H22N6/c1-17(2,3)9-8-14(16-20-22-23-21-16)19-15-11-18-10-12-6-4-5-7-13(12)15/h4-7,10-11,14,19H,8-9H2,1-3H3,(H,20,21,22,23)/t14-/m1/s1. The Labute approximate surface area is 135 Å². The fourth-order valence-electron chi connectivity index (χ4n) is 2.58. The van der Waals surface area contributed by atoms with E-state index in [9.17, 15) is 0 Å². The highest BCUT2D eigenvalue weighted by Crippen LogP contribution is 2.30. The van der Waals surface area contributed by atoms with Gasteiger partial charge >= 0.3 is 0 Å². The zero-order chi connectivity index (χ0) is 16.3. The number of hydrogen-bond acceptors (Lipinski definition) is 5. The lowest BCUT2D eigenvalue weighted by molar-refractivity contribution is 0.352. The van der Waals surface area contributed by atoms with Crippen LogP contribution in [0.1, 0.15) is 45.5 Å². The van der Waals surface area contributed by atoms with Crippen LogP contribution in [0.3, 0.4) is 0 Å². The van der Waals surface area contributed by atoms with Crippen molar-refractivity contribution in [2.75, 3.05) is 5.32 Å². The fraction of sp³-hybridized carbons (Fsp3) is 0.412. The molecule has 0 saturated heterocycles. The Morgan fingerprint density at radius 1 is 1.17 bits per heavy atom. The van der Waals surface area contributed by atoms with Crippen LogP contribution in [-0.4, -0.2) is 25.6 Å². The predicted molar refractivity (Wildman–Crippen MR) is 91.0 cm³/mol. The second kappa shape index (κ2) is 6.32. The third-order valence-corrected chi connectivity index (χ3v) is 3.85. The van der Waals surface area contributed by atoms with Crippen molar-refractivity contribution in [2.45, 2.75) is 39.7 Å². The van der Waals surface area contributed by atoms with Gasteiger partial charge in [-0.05, 0) is 18.3 Å². The summed E-state index contributed by atoms with van der Waals surface area (Å²) in [4.78, 5) is 4.33. The molecule has 3 rings (SSSR count). The van der Waals surface area contributed by atoms with Crippen molar-refractivity contribution in [3.05, 3.63) is 42.5 Å². The Kier molecular flexibility index (Phi) is 4.23. The Balaban J connectivity index is 1.88. The van der Waals surface area contributed by atoms with E-state index in [1.54, 1.807) is 0 Å². The van der Waals surface area contributed by atoms with Crippen LogP contribution in [0.15, 0.2) is 36.7 Å². The molecular formula is C17H22N6. The first kappa shape index (κ1) is 15.4. The van der Waals surface area contributed by atoms with Gasteiger partial charge in [0.25, 0.3) is 0 Å². The van der Waals surface area contributed by atoms with Crippen LogP contribution < -0.4 is 5.32 Å². The molecule has 0 aliphatic carbocycles. The van der Waals surface area contributed by atoms with Crippen molar-refractivity contribution in [2.24, 2.45) is 5.41 Å². The van der Waals surface area contributed by atoms with Crippen LogP contribution in [0, 0.1) is 5.41 Å². The number of fused-ring (bicyclic) bond motifs is 1. The van der Waals surface area contributed by atoms with Gasteiger partial charge in [-0.3, -0.25) is 4.98 Å². The van der Waals surface area contributed by atoms with Crippen LogP contribution in [0.2, 0.25) is 0 Å². The van der Waals surface area contributed by atoms with Crippen molar-refractivity contribution in [3.63, 3.8) is 0 Å². The highest BCUT2D eigenvalue weighted by molar-refractivity contribution is 5.92. The molecule has 1 atom stereocenters. The van der Waals surface area contributed by atoms with E-state index in [0.29, 0.717) is 5.82 Å². The molecule has 6 nitrogen and oxygen atoms in total. The number of H-pyrrole nitrogens is 1. The van der Waals surface area contributed by atoms with Gasteiger partial charge in [0.05, 0.1) is 17.9 Å². The van der Waals surface area contributed by atoms with E-state index in [2.05, 4.69) is 63.8 Å². The molecule has 0 radical (unpaired) electrons. The van der Waals surface area contributed by atoms with Gasteiger partial charge in [-0.15, -0.1) is 10.2 Å². The van der Waals surface area contributed by atoms with Gasteiger partial charge in [-0.1, -0.05) is 50.3 Å². The highest BCUT2D eigenvalue weighted by atomic mass is 15.5. The average molecular weight is 310 g/mol. The Bertz CT molecular complexity index is 755. The molecule has 120 valence electrons. The molecule has 0 saturated carbocycles. The van der Waals surface area contributed by atoms with E-state index in [-0.39, 0.29) is 11.5 Å². The van der Waals surface area contributed by atoms with E-state index in [1.165, 1.54) is 0 Å². The van der Waals surface area contributed by atoms with E-state index in [1.807, 2.05) is 24.5 Å². The molecule has 0 bridgehead atoms. The number of hydrogen-bond donors (Lipinski definition) is 2. The van der Waals surface area contributed by atoms with Gasteiger partial charge in [-0.25, -0.2) is 0 Å². The summed E-state index contributed by atoms with van der Waals surface area (Å²) in [7, 11) is 0. The average Bonchev–Trinajstić information content (AvgIpc) is 3.05. The molecule has 0 amide bonds. The summed E-state index contributed by atoms with van der Waals surface area (Å²) in [5.41, 5.74) is 1.24. The van der Waals surface area contributed by atoms with Crippen LogP contribution in [0.5, 0.6) is 0 Å². The molecule has 2 aromatic heterocycles. The van der Waals surface area contributed by atoms with Gasteiger partial charge in [-0.2, -0.15) is 5.21 Å². The molecule has 3 aromatic rings. The predicted octanol–water partition coefficient (Wildman–Crippen LogP) is 3.73. The summed E-state index contributed by atoms with van der Waals surface area (Å²) >= 11 is 0. The number of nitrogens with zero attached hydrogens (tertiary/aromatic N) is 4. The molecular weight excluding hydrogens is 288 g/mol. The second-order valence-electron chi connectivity index (χ2n) is 6.97. The van der Waals surface area contributed by atoms with Crippen molar-refractivity contribution in [3.8, 4) is 0 Å². The number of aromatic nitrogens is 5. The Morgan fingerprint density at radius 2 is 2.00 bits per heavy atom. The van der Waals surface area contributed by atoms with Gasteiger partial charge in [0.15, 0.2) is 5.82 Å². The zero-order valence-electron chi connectivity index (χ0n) is 13.7. The number of benzene rings is 1. The number of rotatable bonds is 5. The molecule has 23 heavy (non-hydrogen) atoms. The van der Waals surface area contributed by atoms with E-state index >= 15 is 0 Å². The summed E-state index contributed by atoms with van der Waals surface area (Å²) < 4.78 is 0. The first-order valence-corrected chi connectivity index (χ1v) is 7.85. The summed E-state index contributed by atoms with van der Waals surface area (Å²) in [6.45, 7) is 6.71. The van der Waals surface area contributed by atoms with Crippen molar-refractivity contribution >= 4 is 16.5 Å². The summed E-state index contributed by atoms with van der Waals surface area (Å²) in [5.74, 6) is 0.683. The lowest BCUT2D eigenvalue weighted by Gasteiger charge is -2.23. The normalized spacial score (nSPS) is 13.2. The monoisotopic (exact) mass is 310 g/mol. The first-order chi connectivity index (χ1) is 11.0. The molecule has 0 unspecified atom stereocenters. The van der Waals surface area contributed by atoms with Crippen LogP contribution in [0.4, 0.5) is 5.69 Å². The number of nitrogens with one attached hydrogen (secondary N) is 2. The first-order valence-electron chi connectivity index (χ1n) is 7.85. The maximum absolute atomic E-state index is 4.33. The van der Waals surface area contributed by atoms with Gasteiger partial charge < -0.3 is 5.32 Å². The minimum atomic E-state index is 0.000538. The number of aromatic amines is 1.